The first kappa shape index (κ1) is 5.49. The van der Waals surface area contributed by atoms with E-state index in [0.717, 1.165) is 0 Å². The molecular weight excluding hydrogens is 101 g/mol. The Hall–Kier alpha value is 0.490. The van der Waals surface area contributed by atoms with Crippen LogP contribution in [0.25, 0.3) is 0 Å². The monoisotopic (exact) mass is 109 g/mol. The molecule has 0 aromatic heterocycles. The van der Waals surface area contributed by atoms with Gasteiger partial charge in [0, 0.05) is 0 Å². The van der Waals surface area contributed by atoms with Crippen LogP contribution in [0.3, 0.4) is 0 Å². The molecule has 0 aliphatic heterocycles. The lowest BCUT2D eigenvalue weighted by Gasteiger charge is -1.88. The molecule has 1 unspecified atom stereocenters. The fourth-order valence-electron chi connectivity index (χ4n) is 0. The van der Waals surface area contributed by atoms with Crippen molar-refractivity contribution in [2.45, 2.75) is 0 Å². The second-order valence-corrected chi connectivity index (χ2v) is 7.51. The van der Waals surface area contributed by atoms with Crippen molar-refractivity contribution in [2.24, 2.45) is 0 Å². The molecular formula is C2H8NPS. The first-order valence-electron chi connectivity index (χ1n) is 1.23. The number of hydrogen-bond donors (Lipinski definition) is 0. The van der Waals surface area contributed by atoms with Crippen molar-refractivity contribution >= 4 is 17.7 Å². The van der Waals surface area contributed by atoms with E-state index in [2.05, 4.69) is 8.44 Å². The molecule has 0 amide bonds. The maximum absolute atomic E-state index is 8.57. The van der Waals surface area contributed by atoms with Crippen molar-refractivity contribution in [3.8, 4) is 0 Å². The van der Waals surface area contributed by atoms with Crippen LogP contribution in [0.5, 0.6) is 0 Å². The molecule has 0 fully saturated rings. The van der Waals surface area contributed by atoms with Crippen LogP contribution in [0, 0.1) is 4.61 Å². The second-order valence-electron chi connectivity index (χ2n) is 1.35. The van der Waals surface area contributed by atoms with Gasteiger partial charge >= 0.3 is 0 Å². The van der Waals surface area contributed by atoms with E-state index >= 15 is 0 Å². The molecule has 0 aliphatic carbocycles. The summed E-state index contributed by atoms with van der Waals surface area (Å²) in [5.41, 5.74) is 0. The van der Waals surface area contributed by atoms with Crippen LogP contribution in [-0.4, -0.2) is 12.5 Å². The quantitative estimate of drug-likeness (QED) is 0.430. The van der Waals surface area contributed by atoms with Gasteiger partial charge < -0.3 is 0 Å². The molecule has 1 atom stereocenters. The van der Waals surface area contributed by atoms with E-state index in [1.165, 1.54) is 0 Å². The summed E-state index contributed by atoms with van der Waals surface area (Å²) in [5, 5.41) is 0. The fourth-order valence-corrected chi connectivity index (χ4v) is 0. The average molecular weight is 109 g/mol. The van der Waals surface area contributed by atoms with E-state index in [1.807, 2.05) is 0 Å². The van der Waals surface area contributed by atoms with E-state index in [1.54, 1.807) is 12.5 Å². The van der Waals surface area contributed by atoms with Crippen LogP contribution < -0.4 is 0 Å². The van der Waals surface area contributed by atoms with Crippen LogP contribution in [0.15, 0.2) is 0 Å². The molecule has 5 heavy (non-hydrogen) atoms. The lowest BCUT2D eigenvalue weighted by Crippen LogP contribution is -1.51. The standard InChI is InChI=1S/C2H8NPS/c1-5(2,3)4/h4H2,1-2H3. The average Bonchev–Trinajstić information content (AvgIpc) is 0.722. The predicted molar refractivity (Wildman–Crippen MR) is 30.9 cm³/mol. The minimum absolute atomic E-state index is 1.25. The minimum Gasteiger partial charge on any atom is -0.228 e. The molecule has 0 saturated heterocycles. The summed E-state index contributed by atoms with van der Waals surface area (Å²) in [6.07, 6.45) is 3.58. The van der Waals surface area contributed by atoms with Gasteiger partial charge in [0.1, 0.15) is 0 Å². The zero-order chi connectivity index (χ0) is 4.50. The molecule has 0 aliphatic rings. The maximum Gasteiger partial charge on any atom is -0.000904 e. The molecule has 0 aromatic rings. The second kappa shape index (κ2) is 1.30. The van der Waals surface area contributed by atoms with Crippen LogP contribution in [-0.2, 0) is 0 Å². The molecule has 0 radical (unpaired) electrons. The SMILES string of the molecule is CS(C)(#N)P. The van der Waals surface area contributed by atoms with Crippen LogP contribution in [0.2, 0.25) is 0 Å². The number of rotatable bonds is 0. The van der Waals surface area contributed by atoms with Crippen LogP contribution >= 0.6 is 17.7 Å². The van der Waals surface area contributed by atoms with Gasteiger partial charge in [-0.2, -0.15) is 0 Å². The van der Waals surface area contributed by atoms with Gasteiger partial charge in [-0.3, -0.25) is 0 Å². The van der Waals surface area contributed by atoms with Crippen molar-refractivity contribution < 1.29 is 0 Å². The third-order valence-corrected chi connectivity index (χ3v) is 0. The van der Waals surface area contributed by atoms with Gasteiger partial charge in [0.25, 0.3) is 0 Å². The summed E-state index contributed by atoms with van der Waals surface area (Å²) in [6.45, 7) is 0. The van der Waals surface area contributed by atoms with Crippen molar-refractivity contribution in [1.82, 2.24) is 0 Å². The number of hydrogen-bond acceptors (Lipinski definition) is 1. The van der Waals surface area contributed by atoms with E-state index in [0.29, 0.717) is 0 Å². The van der Waals surface area contributed by atoms with Gasteiger partial charge in [-0.1, -0.05) is 17.7 Å². The van der Waals surface area contributed by atoms with Gasteiger partial charge in [0.05, 0.1) is 0 Å². The fraction of sp³-hybridized carbons (Fsp3) is 1.00. The first-order chi connectivity index (χ1) is 2.00. The molecule has 0 rings (SSSR count). The normalized spacial score (nSPS) is 11.6. The molecule has 0 saturated carbocycles. The largest absolute Gasteiger partial charge is 0.228 e. The van der Waals surface area contributed by atoms with Gasteiger partial charge in [0.15, 0.2) is 0 Å². The summed E-state index contributed by atoms with van der Waals surface area (Å²) in [5.74, 6) is 0. The van der Waals surface area contributed by atoms with E-state index in [4.69, 9.17) is 4.61 Å². The third-order valence-electron chi connectivity index (χ3n) is 0. The Balaban J connectivity index is 3.66. The Morgan fingerprint density at radius 3 is 1.60 bits per heavy atom. The Morgan fingerprint density at radius 2 is 1.60 bits per heavy atom. The smallest absolute Gasteiger partial charge is 0.000904 e. The third kappa shape index (κ3) is 116. The lowest BCUT2D eigenvalue weighted by atomic mass is 11.9. The predicted octanol–water partition coefficient (Wildman–Crippen LogP) is 1.32. The Morgan fingerprint density at radius 1 is 1.60 bits per heavy atom. The molecule has 32 valence electrons. The summed E-state index contributed by atoms with van der Waals surface area (Å²) in [6, 6.07) is 0. The molecule has 0 N–H and O–H groups in total. The van der Waals surface area contributed by atoms with E-state index in [-0.39, 0.29) is 0 Å². The Bertz CT molecular complexity index is 88.8. The van der Waals surface area contributed by atoms with Crippen molar-refractivity contribution in [3.63, 3.8) is 0 Å². The van der Waals surface area contributed by atoms with E-state index in [9.17, 15) is 0 Å². The zero-order valence-corrected chi connectivity index (χ0v) is 5.40. The molecule has 1 nitrogen and oxygen atoms in total. The highest BCUT2D eigenvalue weighted by Gasteiger charge is 1.78. The van der Waals surface area contributed by atoms with Gasteiger partial charge in [-0.15, -0.1) is 0 Å². The molecule has 0 spiro atoms. The minimum atomic E-state index is -1.25. The van der Waals surface area contributed by atoms with Crippen molar-refractivity contribution in [1.29, 1.82) is 4.61 Å². The topological polar surface area (TPSA) is 23.8 Å². The molecule has 3 heteroatoms. The summed E-state index contributed by atoms with van der Waals surface area (Å²) in [4.78, 5) is 0. The summed E-state index contributed by atoms with van der Waals surface area (Å²) in [7, 11) is 1.10. The van der Waals surface area contributed by atoms with Crippen LogP contribution in [0.4, 0.5) is 0 Å². The molecule has 0 bridgehead atoms. The number of nitrogens with zero attached hydrogens (tertiary/aromatic N) is 1. The van der Waals surface area contributed by atoms with Crippen molar-refractivity contribution in [2.75, 3.05) is 12.5 Å². The zero-order valence-electron chi connectivity index (χ0n) is 3.43. The highest BCUT2D eigenvalue weighted by atomic mass is 32.7. The first-order valence-corrected chi connectivity index (χ1v) is 5.12. The van der Waals surface area contributed by atoms with E-state index < -0.39 is 9.28 Å². The maximum atomic E-state index is 8.57. The highest BCUT2D eigenvalue weighted by molar-refractivity contribution is 8.58. The van der Waals surface area contributed by atoms with Gasteiger partial charge in [-0.25, -0.2) is 4.61 Å². The summed E-state index contributed by atoms with van der Waals surface area (Å²) < 4.78 is 8.57. The van der Waals surface area contributed by atoms with Gasteiger partial charge in [0.2, 0.25) is 0 Å². The highest BCUT2D eigenvalue weighted by Crippen LogP contribution is 2.29. The van der Waals surface area contributed by atoms with Gasteiger partial charge in [-0.05, 0) is 12.5 Å². The Kier molecular flexibility index (Phi) is 1.43. The van der Waals surface area contributed by atoms with Crippen LogP contribution in [0.1, 0.15) is 0 Å². The Labute approximate surface area is 35.6 Å². The molecule has 0 aromatic carbocycles. The molecule has 0 heterocycles. The summed E-state index contributed by atoms with van der Waals surface area (Å²) >= 11 is 0. The van der Waals surface area contributed by atoms with Crippen molar-refractivity contribution in [3.05, 3.63) is 0 Å². The lowest BCUT2D eigenvalue weighted by molar-refractivity contribution is 1.64.